The molecule has 0 spiro atoms. The summed E-state index contributed by atoms with van der Waals surface area (Å²) in [7, 11) is 0. The minimum atomic E-state index is -0.280. The van der Waals surface area contributed by atoms with Crippen molar-refractivity contribution in [2.75, 3.05) is 5.32 Å². The van der Waals surface area contributed by atoms with Gasteiger partial charge in [-0.2, -0.15) is 5.10 Å². The second-order valence-electron chi connectivity index (χ2n) is 7.58. The maximum atomic E-state index is 13.0. The van der Waals surface area contributed by atoms with Crippen molar-refractivity contribution >= 4 is 23.1 Å². The first-order valence-electron chi connectivity index (χ1n) is 10.3. The maximum Gasteiger partial charge on any atom is 0.261 e. The second-order valence-corrected chi connectivity index (χ2v) is 7.58. The van der Waals surface area contributed by atoms with Crippen LogP contribution in [-0.4, -0.2) is 26.4 Å². The Morgan fingerprint density at radius 2 is 1.97 bits per heavy atom. The lowest BCUT2D eigenvalue weighted by atomic mass is 9.97. The Hall–Kier alpha value is -4.00. The topological polar surface area (TPSA) is 88.4 Å². The van der Waals surface area contributed by atoms with Gasteiger partial charge in [-0.1, -0.05) is 42.5 Å². The van der Waals surface area contributed by atoms with Crippen LogP contribution in [-0.2, 0) is 4.79 Å². The van der Waals surface area contributed by atoms with E-state index in [1.165, 1.54) is 6.20 Å². The first kappa shape index (κ1) is 19.0. The molecule has 1 aliphatic heterocycles. The molecule has 3 heterocycles. The Labute approximate surface area is 179 Å². The van der Waals surface area contributed by atoms with E-state index in [4.69, 9.17) is 0 Å². The van der Waals surface area contributed by atoms with Crippen molar-refractivity contribution in [3.63, 3.8) is 0 Å². The van der Waals surface area contributed by atoms with Gasteiger partial charge < -0.3 is 10.6 Å². The lowest BCUT2D eigenvalue weighted by Gasteiger charge is -2.24. The van der Waals surface area contributed by atoms with Crippen LogP contribution in [0.15, 0.2) is 73.1 Å². The average molecular weight is 411 g/mol. The van der Waals surface area contributed by atoms with Crippen LogP contribution in [0.4, 0.5) is 5.69 Å². The average Bonchev–Trinajstić information content (AvgIpc) is 3.24. The molecule has 7 heteroatoms. The normalized spacial score (nSPS) is 16.1. The molecule has 1 atom stereocenters. The number of fused-ring (bicyclic) bond motifs is 1. The number of hydrogen-bond acceptors (Lipinski definition) is 4. The molecule has 1 fully saturated rings. The van der Waals surface area contributed by atoms with Crippen LogP contribution >= 0.6 is 0 Å². The number of carbonyl (C=O) groups excluding carboxylic acids is 2. The third-order valence-electron chi connectivity index (χ3n) is 5.49. The third-order valence-corrected chi connectivity index (χ3v) is 5.49. The van der Waals surface area contributed by atoms with E-state index in [2.05, 4.69) is 20.7 Å². The fourth-order valence-electron chi connectivity index (χ4n) is 3.97. The number of piperidine rings is 1. The molecule has 5 rings (SSSR count). The number of nitrogens with zero attached hydrogens (tertiary/aromatic N) is 3. The van der Waals surface area contributed by atoms with Gasteiger partial charge in [0.25, 0.3) is 5.91 Å². The summed E-state index contributed by atoms with van der Waals surface area (Å²) < 4.78 is 1.68. The summed E-state index contributed by atoms with van der Waals surface area (Å²) >= 11 is 0. The van der Waals surface area contributed by atoms with Crippen LogP contribution in [0.2, 0.25) is 0 Å². The van der Waals surface area contributed by atoms with Gasteiger partial charge in [-0.3, -0.25) is 9.59 Å². The highest BCUT2D eigenvalue weighted by Gasteiger charge is 2.21. The molecule has 31 heavy (non-hydrogen) atoms. The van der Waals surface area contributed by atoms with Gasteiger partial charge in [0.05, 0.1) is 17.9 Å². The predicted molar refractivity (Wildman–Crippen MR) is 118 cm³/mol. The molecule has 0 radical (unpaired) electrons. The summed E-state index contributed by atoms with van der Waals surface area (Å²) in [4.78, 5) is 29.1. The molecule has 0 bridgehead atoms. The second kappa shape index (κ2) is 8.02. The zero-order chi connectivity index (χ0) is 21.2. The molecule has 1 unspecified atom stereocenters. The zero-order valence-corrected chi connectivity index (χ0v) is 16.8. The number of aromatic nitrogens is 3. The van der Waals surface area contributed by atoms with E-state index in [1.807, 2.05) is 60.7 Å². The van der Waals surface area contributed by atoms with Gasteiger partial charge in [-0.25, -0.2) is 9.50 Å². The van der Waals surface area contributed by atoms with Crippen molar-refractivity contribution in [1.29, 1.82) is 0 Å². The Balaban J connectivity index is 1.41. The Morgan fingerprint density at radius 1 is 1.10 bits per heavy atom. The van der Waals surface area contributed by atoms with Crippen molar-refractivity contribution in [1.82, 2.24) is 19.9 Å². The molecule has 1 aliphatic rings. The van der Waals surface area contributed by atoms with Crippen molar-refractivity contribution in [3.8, 4) is 11.3 Å². The lowest BCUT2D eigenvalue weighted by Crippen LogP contribution is -2.32. The van der Waals surface area contributed by atoms with E-state index in [9.17, 15) is 9.59 Å². The van der Waals surface area contributed by atoms with Gasteiger partial charge in [-0.05, 0) is 36.6 Å². The minimum absolute atomic E-state index is 0.0230. The van der Waals surface area contributed by atoms with Crippen LogP contribution in [0.5, 0.6) is 0 Å². The summed E-state index contributed by atoms with van der Waals surface area (Å²) in [5.41, 5.74) is 4.40. The quantitative estimate of drug-likeness (QED) is 0.531. The molecule has 2 N–H and O–H groups in total. The number of hydrogen-bond donors (Lipinski definition) is 2. The van der Waals surface area contributed by atoms with Crippen LogP contribution in [0, 0.1) is 0 Å². The first-order chi connectivity index (χ1) is 15.2. The lowest BCUT2D eigenvalue weighted by molar-refractivity contribution is -0.123. The van der Waals surface area contributed by atoms with Gasteiger partial charge in [0, 0.05) is 23.9 Å². The van der Waals surface area contributed by atoms with E-state index in [0.29, 0.717) is 23.3 Å². The highest BCUT2D eigenvalue weighted by atomic mass is 16.2. The molecule has 2 aromatic carbocycles. The molecule has 0 aliphatic carbocycles. The van der Waals surface area contributed by atoms with E-state index < -0.39 is 0 Å². The van der Waals surface area contributed by atoms with Gasteiger partial charge in [-0.15, -0.1) is 0 Å². The number of nitrogens with one attached hydrogen (secondary N) is 2. The molecule has 0 saturated carbocycles. The number of amides is 2. The van der Waals surface area contributed by atoms with E-state index in [0.717, 1.165) is 29.7 Å². The van der Waals surface area contributed by atoms with Gasteiger partial charge in [0.2, 0.25) is 5.91 Å². The summed E-state index contributed by atoms with van der Waals surface area (Å²) in [5, 5.41) is 10.4. The minimum Gasteiger partial charge on any atom is -0.349 e. The van der Waals surface area contributed by atoms with Crippen LogP contribution in [0.25, 0.3) is 16.9 Å². The number of rotatable bonds is 4. The zero-order valence-electron chi connectivity index (χ0n) is 16.8. The van der Waals surface area contributed by atoms with Gasteiger partial charge in [0.1, 0.15) is 5.56 Å². The predicted octanol–water partition coefficient (Wildman–Crippen LogP) is 3.99. The van der Waals surface area contributed by atoms with Crippen molar-refractivity contribution in [3.05, 3.63) is 84.2 Å². The number of anilines is 1. The highest BCUT2D eigenvalue weighted by Crippen LogP contribution is 2.26. The molecule has 2 amide bonds. The Bertz CT molecular complexity index is 1270. The van der Waals surface area contributed by atoms with Crippen LogP contribution in [0.3, 0.4) is 0 Å². The molecule has 154 valence electrons. The fraction of sp³-hybridized carbons (Fsp3) is 0.167. The molecule has 1 saturated heterocycles. The largest absolute Gasteiger partial charge is 0.349 e. The van der Waals surface area contributed by atoms with Crippen LogP contribution in [0.1, 0.15) is 41.2 Å². The maximum absolute atomic E-state index is 13.0. The Morgan fingerprint density at radius 3 is 2.81 bits per heavy atom. The first-order valence-corrected chi connectivity index (χ1v) is 10.3. The summed E-state index contributed by atoms with van der Waals surface area (Å²) in [6.45, 7) is 0. The van der Waals surface area contributed by atoms with E-state index >= 15 is 0 Å². The van der Waals surface area contributed by atoms with Crippen molar-refractivity contribution < 1.29 is 9.59 Å². The third kappa shape index (κ3) is 3.77. The smallest absolute Gasteiger partial charge is 0.261 e. The summed E-state index contributed by atoms with van der Waals surface area (Å²) in [5.74, 6) is -0.213. The molecular weight excluding hydrogens is 390 g/mol. The number of carbonyl (C=O) groups is 2. The SMILES string of the molecule is O=C1CCCC(c2cccc(NC(=O)c3cnn4c(-c5ccccc5)ccnc34)c2)N1. The number of benzene rings is 2. The monoisotopic (exact) mass is 411 g/mol. The van der Waals surface area contributed by atoms with Crippen molar-refractivity contribution in [2.45, 2.75) is 25.3 Å². The molecular formula is C24H21N5O2. The van der Waals surface area contributed by atoms with E-state index in [1.54, 1.807) is 10.7 Å². The Kier molecular flexibility index (Phi) is 4.92. The van der Waals surface area contributed by atoms with Crippen LogP contribution < -0.4 is 10.6 Å². The standard InChI is InChI=1S/C24H21N5O2/c30-22-11-5-10-20(28-22)17-8-4-9-18(14-17)27-24(31)19-15-26-29-21(12-13-25-23(19)29)16-6-2-1-3-7-16/h1-4,6-9,12-15,20H,5,10-11H2,(H,27,31)(H,28,30). The van der Waals surface area contributed by atoms with E-state index in [-0.39, 0.29) is 17.9 Å². The summed E-state index contributed by atoms with van der Waals surface area (Å²) in [6, 6.07) is 19.3. The molecule has 4 aromatic rings. The fourth-order valence-corrected chi connectivity index (χ4v) is 3.97. The molecule has 7 nitrogen and oxygen atoms in total. The van der Waals surface area contributed by atoms with Crippen molar-refractivity contribution in [2.24, 2.45) is 0 Å². The van der Waals surface area contributed by atoms with Gasteiger partial charge in [0.15, 0.2) is 5.65 Å². The highest BCUT2D eigenvalue weighted by molar-refractivity contribution is 6.08. The molecule has 2 aromatic heterocycles. The summed E-state index contributed by atoms with van der Waals surface area (Å²) in [6.07, 6.45) is 5.55. The van der Waals surface area contributed by atoms with Gasteiger partial charge >= 0.3 is 0 Å².